The summed E-state index contributed by atoms with van der Waals surface area (Å²) >= 11 is 0. The highest BCUT2D eigenvalue weighted by Gasteiger charge is 2.53. The Morgan fingerprint density at radius 3 is 2.15 bits per heavy atom. The van der Waals surface area contributed by atoms with Crippen molar-refractivity contribution >= 4 is 22.4 Å². The monoisotopic (exact) mass is 285 g/mol. The third kappa shape index (κ3) is 1.14. The second-order valence-corrected chi connectivity index (χ2v) is 7.34. The first-order valence-corrected chi connectivity index (χ1v) is 7.71. The molecule has 2 aliphatic heterocycles. The number of nitrogens with zero attached hydrogens (tertiary/aromatic N) is 1. The molecule has 0 bridgehead atoms. The summed E-state index contributed by atoms with van der Waals surface area (Å²) in [6.45, 7) is 0. The number of amides is 1. The van der Waals surface area contributed by atoms with Crippen LogP contribution in [0.4, 0.5) is 0 Å². The average Bonchev–Trinajstić information content (AvgIpc) is 2.90. The van der Waals surface area contributed by atoms with Gasteiger partial charge in [-0.25, -0.2) is 4.79 Å². The molecule has 0 saturated carbocycles. The van der Waals surface area contributed by atoms with Gasteiger partial charge in [0.05, 0.1) is 20.9 Å². The standard InChI is InChI=1S/C15H11NO3S/c1-16-14(17)10-6-2-4-8-12(10)20(16)13-9-5-3-7-11(13)15(18)19-20/h2-9H,1H3. The molecule has 2 heterocycles. The van der Waals surface area contributed by atoms with Crippen LogP contribution in [0.1, 0.15) is 20.7 Å². The summed E-state index contributed by atoms with van der Waals surface area (Å²) in [6.07, 6.45) is 0. The molecule has 1 unspecified atom stereocenters. The third-order valence-corrected chi connectivity index (χ3v) is 6.92. The van der Waals surface area contributed by atoms with Crippen LogP contribution in [0.2, 0.25) is 0 Å². The molecular weight excluding hydrogens is 274 g/mol. The van der Waals surface area contributed by atoms with Crippen molar-refractivity contribution in [1.29, 1.82) is 0 Å². The summed E-state index contributed by atoms with van der Waals surface area (Å²) < 4.78 is 7.32. The maximum absolute atomic E-state index is 12.4. The first kappa shape index (κ1) is 11.5. The lowest BCUT2D eigenvalue weighted by Gasteiger charge is -2.36. The molecule has 1 atom stereocenters. The number of carbonyl (C=O) groups is 2. The zero-order valence-electron chi connectivity index (χ0n) is 10.7. The van der Waals surface area contributed by atoms with Crippen LogP contribution in [0.15, 0.2) is 58.3 Å². The van der Waals surface area contributed by atoms with Gasteiger partial charge in [-0.1, -0.05) is 24.3 Å². The summed E-state index contributed by atoms with van der Waals surface area (Å²) in [7, 11) is -0.486. The van der Waals surface area contributed by atoms with Gasteiger partial charge in [0, 0.05) is 17.5 Å². The lowest BCUT2D eigenvalue weighted by Crippen LogP contribution is -2.23. The van der Waals surface area contributed by atoms with Crippen LogP contribution in [0, 0.1) is 0 Å². The van der Waals surface area contributed by atoms with E-state index in [0.717, 1.165) is 9.79 Å². The Bertz CT molecular complexity index is 760. The van der Waals surface area contributed by atoms with Crippen molar-refractivity contribution in [1.82, 2.24) is 4.31 Å². The van der Waals surface area contributed by atoms with Gasteiger partial charge in [-0.3, -0.25) is 9.10 Å². The van der Waals surface area contributed by atoms with Crippen LogP contribution in [-0.2, 0) is 4.18 Å². The fourth-order valence-electron chi connectivity index (χ4n) is 2.76. The van der Waals surface area contributed by atoms with Crippen LogP contribution in [0.25, 0.3) is 0 Å². The SMILES string of the molecule is CN1C(=O)c2ccccc2S12OC(=O)c1ccccc12. The number of benzene rings is 2. The molecule has 2 aliphatic rings. The molecule has 0 aromatic heterocycles. The van der Waals surface area contributed by atoms with Gasteiger partial charge in [-0.05, 0) is 24.3 Å². The van der Waals surface area contributed by atoms with Crippen molar-refractivity contribution in [2.24, 2.45) is 0 Å². The van der Waals surface area contributed by atoms with Gasteiger partial charge in [0.25, 0.3) is 5.91 Å². The molecule has 2 aromatic carbocycles. The van der Waals surface area contributed by atoms with Gasteiger partial charge in [0.1, 0.15) is 0 Å². The van der Waals surface area contributed by atoms with Gasteiger partial charge in [0.15, 0.2) is 0 Å². The molecule has 1 spiro atoms. The van der Waals surface area contributed by atoms with E-state index >= 15 is 0 Å². The van der Waals surface area contributed by atoms with Crippen LogP contribution in [-0.4, -0.2) is 23.2 Å². The topological polar surface area (TPSA) is 46.6 Å². The maximum atomic E-state index is 12.4. The van der Waals surface area contributed by atoms with Gasteiger partial charge in [0.2, 0.25) is 0 Å². The highest BCUT2D eigenvalue weighted by Crippen LogP contribution is 2.73. The Balaban J connectivity index is 2.09. The van der Waals surface area contributed by atoms with Crippen LogP contribution in [0.3, 0.4) is 0 Å². The molecule has 2 aromatic rings. The van der Waals surface area contributed by atoms with Gasteiger partial charge < -0.3 is 4.18 Å². The molecule has 20 heavy (non-hydrogen) atoms. The maximum Gasteiger partial charge on any atom is 0.351 e. The highest BCUT2D eigenvalue weighted by molar-refractivity contribution is 8.29. The molecule has 0 fully saturated rings. The predicted molar refractivity (Wildman–Crippen MR) is 74.5 cm³/mol. The largest absolute Gasteiger partial charge is 0.383 e. The fourth-order valence-corrected chi connectivity index (χ4v) is 5.95. The smallest absolute Gasteiger partial charge is 0.351 e. The molecule has 100 valence electrons. The first-order chi connectivity index (χ1) is 9.66. The summed E-state index contributed by atoms with van der Waals surface area (Å²) in [6, 6.07) is 14.7. The number of hydrogen-bond acceptors (Lipinski definition) is 3. The molecular formula is C15H11NO3S. The number of hydrogen-bond donors (Lipinski definition) is 0. The van der Waals surface area contributed by atoms with Crippen LogP contribution < -0.4 is 0 Å². The molecule has 0 radical (unpaired) electrons. The zero-order valence-corrected chi connectivity index (χ0v) is 11.5. The molecule has 4 nitrogen and oxygen atoms in total. The minimum Gasteiger partial charge on any atom is -0.383 e. The van der Waals surface area contributed by atoms with E-state index in [0.29, 0.717) is 11.1 Å². The quantitative estimate of drug-likeness (QED) is 0.747. The van der Waals surface area contributed by atoms with E-state index in [1.165, 1.54) is 0 Å². The Kier molecular flexibility index (Phi) is 2.10. The van der Waals surface area contributed by atoms with Crippen molar-refractivity contribution in [3.63, 3.8) is 0 Å². The molecule has 5 heteroatoms. The van der Waals surface area contributed by atoms with E-state index in [1.54, 1.807) is 29.6 Å². The molecule has 1 amide bonds. The Labute approximate surface area is 117 Å². The number of carbonyl (C=O) groups excluding carboxylic acids is 2. The minimum atomic E-state index is -2.19. The van der Waals surface area contributed by atoms with E-state index in [2.05, 4.69) is 0 Å². The van der Waals surface area contributed by atoms with Crippen molar-refractivity contribution in [3.05, 3.63) is 59.7 Å². The highest BCUT2D eigenvalue weighted by atomic mass is 32.3. The van der Waals surface area contributed by atoms with Crippen molar-refractivity contribution in [2.45, 2.75) is 9.79 Å². The van der Waals surface area contributed by atoms with E-state index in [-0.39, 0.29) is 11.9 Å². The Morgan fingerprint density at radius 1 is 0.900 bits per heavy atom. The van der Waals surface area contributed by atoms with Crippen molar-refractivity contribution in [2.75, 3.05) is 7.05 Å². The van der Waals surface area contributed by atoms with Crippen LogP contribution in [0.5, 0.6) is 0 Å². The van der Waals surface area contributed by atoms with E-state index in [9.17, 15) is 9.59 Å². The summed E-state index contributed by atoms with van der Waals surface area (Å²) in [5.74, 6) is -0.452. The number of rotatable bonds is 0. The van der Waals surface area contributed by atoms with Crippen LogP contribution >= 0.6 is 10.5 Å². The first-order valence-electron chi connectivity index (χ1n) is 6.20. The normalized spacial score (nSPS) is 26.1. The second-order valence-electron chi connectivity index (χ2n) is 4.69. The van der Waals surface area contributed by atoms with Crippen molar-refractivity contribution < 1.29 is 13.8 Å². The number of fused-ring (bicyclic) bond motifs is 4. The van der Waals surface area contributed by atoms with E-state index in [4.69, 9.17) is 4.18 Å². The minimum absolute atomic E-state index is 0.0971. The zero-order chi connectivity index (χ0) is 13.9. The summed E-state index contributed by atoms with van der Waals surface area (Å²) in [5.41, 5.74) is 1.17. The average molecular weight is 285 g/mol. The molecule has 4 rings (SSSR count). The molecule has 0 saturated heterocycles. The second kappa shape index (κ2) is 3.64. The fraction of sp³-hybridized carbons (Fsp3) is 0.0667. The van der Waals surface area contributed by atoms with E-state index in [1.807, 2.05) is 30.3 Å². The molecule has 0 aliphatic carbocycles. The van der Waals surface area contributed by atoms with E-state index < -0.39 is 10.5 Å². The lowest BCUT2D eigenvalue weighted by atomic mass is 10.2. The Morgan fingerprint density at radius 2 is 1.45 bits per heavy atom. The Hall–Kier alpha value is -2.27. The predicted octanol–water partition coefficient (Wildman–Crippen LogP) is 3.00. The molecule has 0 N–H and O–H groups in total. The van der Waals surface area contributed by atoms with Gasteiger partial charge in [-0.15, -0.1) is 0 Å². The summed E-state index contributed by atoms with van der Waals surface area (Å²) in [4.78, 5) is 26.2. The van der Waals surface area contributed by atoms with Gasteiger partial charge in [-0.2, -0.15) is 0 Å². The lowest BCUT2D eigenvalue weighted by molar-refractivity contribution is 0.0760. The summed E-state index contributed by atoms with van der Waals surface area (Å²) in [5, 5.41) is 0. The van der Waals surface area contributed by atoms with Crippen molar-refractivity contribution in [3.8, 4) is 0 Å². The third-order valence-electron chi connectivity index (χ3n) is 3.69. The van der Waals surface area contributed by atoms with Gasteiger partial charge >= 0.3 is 5.97 Å².